The number of benzene rings is 2. The summed E-state index contributed by atoms with van der Waals surface area (Å²) in [6.45, 7) is 1.31. The van der Waals surface area contributed by atoms with Gasteiger partial charge in [-0.3, -0.25) is 14.9 Å². The summed E-state index contributed by atoms with van der Waals surface area (Å²) in [6.07, 6.45) is 2.00. The number of nitrogens with zero attached hydrogens (tertiary/aromatic N) is 3. The Morgan fingerprint density at radius 3 is 2.97 bits per heavy atom. The van der Waals surface area contributed by atoms with Gasteiger partial charge in [-0.1, -0.05) is 12.1 Å². The molecule has 1 aromatic heterocycles. The number of para-hydroxylation sites is 2. The van der Waals surface area contributed by atoms with E-state index in [0.717, 1.165) is 30.7 Å². The van der Waals surface area contributed by atoms with E-state index >= 15 is 0 Å². The van der Waals surface area contributed by atoms with Crippen LogP contribution in [-0.4, -0.2) is 34.7 Å². The lowest BCUT2D eigenvalue weighted by atomic mass is 10.1. The van der Waals surface area contributed by atoms with Crippen LogP contribution in [0.15, 0.2) is 52.8 Å². The van der Waals surface area contributed by atoms with Crippen LogP contribution in [0, 0.1) is 10.1 Å². The average Bonchev–Trinajstić information content (AvgIpc) is 3.44. The first-order valence-electron chi connectivity index (χ1n) is 10.2. The van der Waals surface area contributed by atoms with Crippen molar-refractivity contribution in [1.82, 2.24) is 4.57 Å². The topological polar surface area (TPSA) is 108 Å². The summed E-state index contributed by atoms with van der Waals surface area (Å²) < 4.78 is 13.3. The molecule has 0 spiro atoms. The van der Waals surface area contributed by atoms with Crippen LogP contribution in [0.5, 0.6) is 5.75 Å². The molecule has 2 aromatic carbocycles. The van der Waals surface area contributed by atoms with E-state index in [1.807, 2.05) is 28.1 Å². The molecule has 0 saturated carbocycles. The molecule has 1 atom stereocenters. The summed E-state index contributed by atoms with van der Waals surface area (Å²) in [5, 5.41) is 16.2. The maximum atomic E-state index is 11.7. The Labute approximate surface area is 187 Å². The lowest BCUT2D eigenvalue weighted by Gasteiger charge is -2.19. The molecule has 2 aliphatic rings. The van der Waals surface area contributed by atoms with Crippen LogP contribution in [-0.2, 0) is 16.1 Å². The predicted octanol–water partition coefficient (Wildman–Crippen LogP) is 3.87. The Balaban J connectivity index is 1.61. The minimum Gasteiger partial charge on any atom is -0.482 e. The lowest BCUT2D eigenvalue weighted by molar-refractivity contribution is -0.384. The number of ether oxygens (including phenoxy) is 2. The highest BCUT2D eigenvalue weighted by atomic mass is 32.1. The van der Waals surface area contributed by atoms with Crippen LogP contribution in [0.4, 0.5) is 17.1 Å². The molecule has 0 aliphatic carbocycles. The van der Waals surface area contributed by atoms with Gasteiger partial charge in [0, 0.05) is 23.6 Å². The number of carbonyl (C=O) groups is 1. The van der Waals surface area contributed by atoms with E-state index in [1.165, 1.54) is 17.4 Å². The van der Waals surface area contributed by atoms with Crippen LogP contribution in [0.25, 0.3) is 11.3 Å². The van der Waals surface area contributed by atoms with Crippen molar-refractivity contribution in [3.05, 3.63) is 62.8 Å². The van der Waals surface area contributed by atoms with Crippen LogP contribution in [0.1, 0.15) is 12.8 Å². The Bertz CT molecular complexity index is 1260. The van der Waals surface area contributed by atoms with Gasteiger partial charge in [0.2, 0.25) is 0 Å². The first-order valence-corrected chi connectivity index (χ1v) is 11.1. The molecule has 32 heavy (non-hydrogen) atoms. The molecule has 1 amide bonds. The minimum absolute atomic E-state index is 0.00268. The number of anilines is 1. The van der Waals surface area contributed by atoms with E-state index in [1.54, 1.807) is 18.2 Å². The van der Waals surface area contributed by atoms with E-state index < -0.39 is 4.92 Å². The molecule has 1 N–H and O–H groups in total. The molecule has 1 saturated heterocycles. The zero-order valence-electron chi connectivity index (χ0n) is 17.0. The van der Waals surface area contributed by atoms with E-state index in [4.69, 9.17) is 9.47 Å². The summed E-state index contributed by atoms with van der Waals surface area (Å²) >= 11 is 1.41. The third kappa shape index (κ3) is 4.02. The van der Waals surface area contributed by atoms with Crippen molar-refractivity contribution in [2.75, 3.05) is 18.5 Å². The Morgan fingerprint density at radius 2 is 2.16 bits per heavy atom. The number of hydrogen-bond donors (Lipinski definition) is 1. The molecule has 3 aromatic rings. The highest BCUT2D eigenvalue weighted by molar-refractivity contribution is 7.07. The van der Waals surface area contributed by atoms with Gasteiger partial charge in [-0.25, -0.2) is 4.99 Å². The molecule has 2 aliphatic heterocycles. The zero-order valence-corrected chi connectivity index (χ0v) is 17.8. The second-order valence-electron chi connectivity index (χ2n) is 7.55. The van der Waals surface area contributed by atoms with E-state index in [2.05, 4.69) is 10.3 Å². The fourth-order valence-electron chi connectivity index (χ4n) is 3.88. The molecule has 3 heterocycles. The SMILES string of the molecule is O=C1COc2ccc(-c3csc(=Nc4ccccc4[N+](=O)[O-])n3CC3CCCO3)cc2N1. The Morgan fingerprint density at radius 1 is 1.28 bits per heavy atom. The van der Waals surface area contributed by atoms with Crippen LogP contribution in [0.2, 0.25) is 0 Å². The number of carbonyl (C=O) groups excluding carboxylic acids is 1. The summed E-state index contributed by atoms with van der Waals surface area (Å²) in [5.74, 6) is 0.429. The van der Waals surface area contributed by atoms with Gasteiger partial charge in [-0.15, -0.1) is 11.3 Å². The van der Waals surface area contributed by atoms with Crippen molar-refractivity contribution in [3.63, 3.8) is 0 Å². The summed E-state index contributed by atoms with van der Waals surface area (Å²) in [4.78, 5) is 28.0. The molecular weight excluding hydrogens is 432 g/mol. The second kappa shape index (κ2) is 8.56. The van der Waals surface area contributed by atoms with Crippen molar-refractivity contribution in [3.8, 4) is 17.0 Å². The number of nitro groups is 1. The highest BCUT2D eigenvalue weighted by Crippen LogP contribution is 2.33. The summed E-state index contributed by atoms with van der Waals surface area (Å²) in [5.41, 5.74) is 2.65. The van der Waals surface area contributed by atoms with Crippen molar-refractivity contribution in [2.45, 2.75) is 25.5 Å². The van der Waals surface area contributed by atoms with E-state index in [9.17, 15) is 14.9 Å². The van der Waals surface area contributed by atoms with Gasteiger partial charge < -0.3 is 19.4 Å². The second-order valence-corrected chi connectivity index (χ2v) is 8.39. The first kappa shape index (κ1) is 20.4. The fraction of sp³-hybridized carbons (Fsp3) is 0.273. The monoisotopic (exact) mass is 452 g/mol. The van der Waals surface area contributed by atoms with Crippen molar-refractivity contribution in [1.29, 1.82) is 0 Å². The number of fused-ring (bicyclic) bond motifs is 1. The van der Waals surface area contributed by atoms with Crippen LogP contribution >= 0.6 is 11.3 Å². The maximum Gasteiger partial charge on any atom is 0.294 e. The smallest absolute Gasteiger partial charge is 0.294 e. The first-order chi connectivity index (χ1) is 15.6. The average molecular weight is 452 g/mol. The Hall–Kier alpha value is -3.50. The van der Waals surface area contributed by atoms with Crippen LogP contribution < -0.4 is 14.9 Å². The molecule has 0 radical (unpaired) electrons. The maximum absolute atomic E-state index is 11.7. The molecule has 0 bridgehead atoms. The number of nitrogens with one attached hydrogen (secondary N) is 1. The lowest BCUT2D eigenvalue weighted by Crippen LogP contribution is -2.25. The fourth-order valence-corrected chi connectivity index (χ4v) is 4.81. The summed E-state index contributed by atoms with van der Waals surface area (Å²) in [7, 11) is 0. The molecule has 164 valence electrons. The predicted molar refractivity (Wildman–Crippen MR) is 119 cm³/mol. The molecule has 10 heteroatoms. The van der Waals surface area contributed by atoms with Gasteiger partial charge in [-0.05, 0) is 37.1 Å². The van der Waals surface area contributed by atoms with Crippen molar-refractivity contribution >= 4 is 34.3 Å². The van der Waals surface area contributed by atoms with Crippen molar-refractivity contribution in [2.24, 2.45) is 4.99 Å². The Kier molecular flexibility index (Phi) is 5.46. The molecule has 9 nitrogen and oxygen atoms in total. The molecule has 5 rings (SSSR count). The number of nitro benzene ring substituents is 1. The largest absolute Gasteiger partial charge is 0.482 e. The van der Waals surface area contributed by atoms with Gasteiger partial charge >= 0.3 is 0 Å². The number of rotatable bonds is 5. The quantitative estimate of drug-likeness (QED) is 0.467. The van der Waals surface area contributed by atoms with Crippen LogP contribution in [0.3, 0.4) is 0 Å². The van der Waals surface area contributed by atoms with Gasteiger partial charge in [0.05, 0.1) is 29.0 Å². The number of amides is 1. The van der Waals surface area contributed by atoms with E-state index in [0.29, 0.717) is 28.5 Å². The molecule has 1 unspecified atom stereocenters. The summed E-state index contributed by atoms with van der Waals surface area (Å²) in [6, 6.07) is 12.1. The molecular formula is C22H20N4O5S. The number of thiazole rings is 1. The number of aromatic nitrogens is 1. The zero-order chi connectivity index (χ0) is 22.1. The third-order valence-corrected chi connectivity index (χ3v) is 6.27. The van der Waals surface area contributed by atoms with Gasteiger partial charge in [0.15, 0.2) is 11.4 Å². The highest BCUT2D eigenvalue weighted by Gasteiger charge is 2.22. The van der Waals surface area contributed by atoms with Gasteiger partial charge in [-0.2, -0.15) is 0 Å². The van der Waals surface area contributed by atoms with E-state index in [-0.39, 0.29) is 24.3 Å². The standard InChI is InChI=1S/C22H20N4O5S/c27-21-12-31-20-8-7-14(10-17(20)23-21)19-13-32-22(25(19)11-15-4-3-9-30-15)24-16-5-1-2-6-18(16)26(28)29/h1-2,5-8,10,13,15H,3-4,9,11-12H2,(H,23,27). The molecule has 1 fully saturated rings. The van der Waals surface area contributed by atoms with Gasteiger partial charge in [0.1, 0.15) is 11.4 Å². The van der Waals surface area contributed by atoms with Gasteiger partial charge in [0.25, 0.3) is 11.6 Å². The minimum atomic E-state index is -0.427. The normalized spacial score (nSPS) is 18.2. The van der Waals surface area contributed by atoms with Crippen molar-refractivity contribution < 1.29 is 19.2 Å². The number of hydrogen-bond acceptors (Lipinski definition) is 7. The third-order valence-electron chi connectivity index (χ3n) is 5.41.